The van der Waals surface area contributed by atoms with Gasteiger partial charge in [0, 0.05) is 5.56 Å². The zero-order valence-electron chi connectivity index (χ0n) is 12.7. The van der Waals surface area contributed by atoms with Crippen LogP contribution >= 0.6 is 11.6 Å². The lowest BCUT2D eigenvalue weighted by atomic mass is 10.1. The molecule has 6 heteroatoms. The Morgan fingerprint density at radius 1 is 1.35 bits per heavy atom. The summed E-state index contributed by atoms with van der Waals surface area (Å²) in [5.74, 6) is -0.160. The van der Waals surface area contributed by atoms with Crippen LogP contribution in [0.25, 0.3) is 22.6 Å². The topological polar surface area (TPSA) is 78.4 Å². The van der Waals surface area contributed by atoms with E-state index in [0.717, 1.165) is 11.1 Å². The van der Waals surface area contributed by atoms with Gasteiger partial charge in [0.15, 0.2) is 5.58 Å². The van der Waals surface area contributed by atoms with Gasteiger partial charge in [0.2, 0.25) is 5.89 Å². The van der Waals surface area contributed by atoms with E-state index in [0.29, 0.717) is 17.0 Å². The normalized spacial score (nSPS) is 10.9. The molecule has 3 aromatic rings. The van der Waals surface area contributed by atoms with Crippen molar-refractivity contribution in [3.8, 4) is 11.5 Å². The van der Waals surface area contributed by atoms with E-state index in [1.54, 1.807) is 13.0 Å². The number of nitrogens with two attached hydrogens (primary N) is 1. The maximum absolute atomic E-state index is 12.0. The molecule has 0 aliphatic heterocycles. The Balaban J connectivity index is 2.15. The third-order valence-electron chi connectivity index (χ3n) is 3.43. The van der Waals surface area contributed by atoms with Crippen molar-refractivity contribution in [3.63, 3.8) is 0 Å². The number of halogens is 1. The monoisotopic (exact) mass is 330 g/mol. The summed E-state index contributed by atoms with van der Waals surface area (Å²) in [5, 5.41) is 0.115. The fourth-order valence-electron chi connectivity index (χ4n) is 2.28. The second-order valence-electron chi connectivity index (χ2n) is 5.11. The summed E-state index contributed by atoms with van der Waals surface area (Å²) in [4.78, 5) is 16.4. The van der Waals surface area contributed by atoms with Crippen molar-refractivity contribution in [1.29, 1.82) is 0 Å². The number of hydrogen-bond acceptors (Lipinski definition) is 5. The number of aryl methyl sites for hydroxylation is 1. The second-order valence-corrected chi connectivity index (χ2v) is 5.49. The molecule has 3 rings (SSSR count). The fraction of sp³-hybridized carbons (Fsp3) is 0.176. The Kier molecular flexibility index (Phi) is 3.96. The number of esters is 1. The van der Waals surface area contributed by atoms with Crippen LogP contribution in [0.1, 0.15) is 22.8 Å². The molecule has 0 amide bonds. The number of hydrogen-bond donors (Lipinski definition) is 1. The number of oxazole rings is 1. The summed E-state index contributed by atoms with van der Waals surface area (Å²) in [6.45, 7) is 3.95. The minimum atomic E-state index is -0.579. The minimum Gasteiger partial charge on any atom is -0.462 e. The molecule has 0 bridgehead atoms. The number of benzene rings is 2. The first kappa shape index (κ1) is 15.4. The number of anilines is 1. The van der Waals surface area contributed by atoms with E-state index in [2.05, 4.69) is 4.98 Å². The van der Waals surface area contributed by atoms with Crippen LogP contribution in [0.4, 0.5) is 5.69 Å². The maximum Gasteiger partial charge on any atom is 0.341 e. The number of nitrogens with zero attached hydrogens (tertiary/aromatic N) is 1. The maximum atomic E-state index is 12.0. The van der Waals surface area contributed by atoms with E-state index >= 15 is 0 Å². The molecule has 118 valence electrons. The van der Waals surface area contributed by atoms with Gasteiger partial charge in [-0.05, 0) is 32.0 Å². The standard InChI is InChI=1S/C17H15ClN2O3/c1-3-22-17(21)13-11(19)8-12-15(14(13)18)23-16(20-12)10-6-4-9(2)5-7-10/h4-8H,3,19H2,1-2H3. The van der Waals surface area contributed by atoms with Crippen LogP contribution in [-0.4, -0.2) is 17.6 Å². The Bertz CT molecular complexity index is 885. The Morgan fingerprint density at radius 2 is 2.04 bits per heavy atom. The molecule has 2 N–H and O–H groups in total. The lowest BCUT2D eigenvalue weighted by Crippen LogP contribution is -2.08. The number of carbonyl (C=O) groups is 1. The number of ether oxygens (including phenoxy) is 1. The predicted octanol–water partition coefficient (Wildman–Crippen LogP) is 4.22. The summed E-state index contributed by atoms with van der Waals surface area (Å²) in [7, 11) is 0. The molecule has 0 aliphatic carbocycles. The van der Waals surface area contributed by atoms with Gasteiger partial charge in [0.1, 0.15) is 16.1 Å². The molecule has 23 heavy (non-hydrogen) atoms. The number of rotatable bonds is 3. The molecular formula is C17H15ClN2O3. The quantitative estimate of drug-likeness (QED) is 0.574. The lowest BCUT2D eigenvalue weighted by Gasteiger charge is -2.06. The van der Waals surface area contributed by atoms with E-state index in [1.165, 1.54) is 0 Å². The smallest absolute Gasteiger partial charge is 0.341 e. The van der Waals surface area contributed by atoms with Gasteiger partial charge >= 0.3 is 5.97 Å². The summed E-state index contributed by atoms with van der Waals surface area (Å²) in [5.41, 5.74) is 9.01. The van der Waals surface area contributed by atoms with Gasteiger partial charge in [0.25, 0.3) is 0 Å². The van der Waals surface area contributed by atoms with Gasteiger partial charge in [-0.2, -0.15) is 0 Å². The largest absolute Gasteiger partial charge is 0.462 e. The van der Waals surface area contributed by atoms with Crippen LogP contribution in [0.15, 0.2) is 34.7 Å². The number of carbonyl (C=O) groups excluding carboxylic acids is 1. The summed E-state index contributed by atoms with van der Waals surface area (Å²) >= 11 is 6.29. The van der Waals surface area contributed by atoms with Crippen LogP contribution in [0.5, 0.6) is 0 Å². The Labute approximate surface area is 138 Å². The van der Waals surface area contributed by atoms with Crippen molar-refractivity contribution in [3.05, 3.63) is 46.5 Å². The van der Waals surface area contributed by atoms with E-state index in [4.69, 9.17) is 26.5 Å². The van der Waals surface area contributed by atoms with Gasteiger partial charge in [0.05, 0.1) is 12.3 Å². The van der Waals surface area contributed by atoms with Crippen molar-refractivity contribution in [1.82, 2.24) is 4.98 Å². The van der Waals surface area contributed by atoms with Gasteiger partial charge in [-0.3, -0.25) is 0 Å². The van der Waals surface area contributed by atoms with Gasteiger partial charge < -0.3 is 14.9 Å². The molecule has 0 saturated heterocycles. The van der Waals surface area contributed by atoms with Gasteiger partial charge in [-0.15, -0.1) is 0 Å². The summed E-state index contributed by atoms with van der Waals surface area (Å²) < 4.78 is 10.7. The fourth-order valence-corrected chi connectivity index (χ4v) is 2.60. The van der Waals surface area contributed by atoms with Gasteiger partial charge in [-0.25, -0.2) is 9.78 Å². The lowest BCUT2D eigenvalue weighted by molar-refractivity contribution is 0.0528. The van der Waals surface area contributed by atoms with Crippen molar-refractivity contribution in [2.24, 2.45) is 0 Å². The second kappa shape index (κ2) is 5.93. The average molecular weight is 331 g/mol. The molecule has 0 unspecified atom stereocenters. The number of aromatic nitrogens is 1. The molecule has 0 atom stereocenters. The van der Waals surface area contributed by atoms with E-state index < -0.39 is 5.97 Å². The van der Waals surface area contributed by atoms with E-state index in [9.17, 15) is 4.79 Å². The van der Waals surface area contributed by atoms with Crippen LogP contribution in [0.2, 0.25) is 5.02 Å². The van der Waals surface area contributed by atoms with Crippen molar-refractivity contribution >= 4 is 34.4 Å². The highest BCUT2D eigenvalue weighted by molar-refractivity contribution is 6.38. The molecule has 1 heterocycles. The van der Waals surface area contributed by atoms with Crippen LogP contribution in [0, 0.1) is 6.92 Å². The van der Waals surface area contributed by atoms with Crippen LogP contribution in [0.3, 0.4) is 0 Å². The highest BCUT2D eigenvalue weighted by Crippen LogP contribution is 2.35. The number of fused-ring (bicyclic) bond motifs is 1. The van der Waals surface area contributed by atoms with Gasteiger partial charge in [-0.1, -0.05) is 29.3 Å². The Morgan fingerprint density at radius 3 is 2.70 bits per heavy atom. The first-order chi connectivity index (χ1) is 11.0. The molecule has 0 saturated carbocycles. The third-order valence-corrected chi connectivity index (χ3v) is 3.79. The highest BCUT2D eigenvalue weighted by atomic mass is 35.5. The molecule has 0 spiro atoms. The molecule has 2 aromatic carbocycles. The van der Waals surface area contributed by atoms with Crippen molar-refractivity contribution in [2.75, 3.05) is 12.3 Å². The first-order valence-electron chi connectivity index (χ1n) is 7.14. The Hall–Kier alpha value is -2.53. The van der Waals surface area contributed by atoms with Crippen LogP contribution in [-0.2, 0) is 4.74 Å². The summed E-state index contributed by atoms with van der Waals surface area (Å²) in [6, 6.07) is 9.30. The molecule has 0 fully saturated rings. The van der Waals surface area contributed by atoms with E-state index in [-0.39, 0.29) is 22.9 Å². The number of nitrogen functional groups attached to an aromatic ring is 1. The predicted molar refractivity (Wildman–Crippen MR) is 89.6 cm³/mol. The molecule has 1 aromatic heterocycles. The van der Waals surface area contributed by atoms with Crippen molar-refractivity contribution in [2.45, 2.75) is 13.8 Å². The SMILES string of the molecule is CCOC(=O)c1c(N)cc2nc(-c3ccc(C)cc3)oc2c1Cl. The van der Waals surface area contributed by atoms with Crippen molar-refractivity contribution < 1.29 is 13.9 Å². The average Bonchev–Trinajstić information content (AvgIpc) is 2.92. The highest BCUT2D eigenvalue weighted by Gasteiger charge is 2.22. The van der Waals surface area contributed by atoms with E-state index in [1.807, 2.05) is 31.2 Å². The third kappa shape index (κ3) is 2.75. The zero-order chi connectivity index (χ0) is 16.6. The first-order valence-corrected chi connectivity index (χ1v) is 7.51. The molecule has 5 nitrogen and oxygen atoms in total. The van der Waals surface area contributed by atoms with Crippen LogP contribution < -0.4 is 5.73 Å². The zero-order valence-corrected chi connectivity index (χ0v) is 13.5. The molecule has 0 aliphatic rings. The molecule has 0 radical (unpaired) electrons. The minimum absolute atomic E-state index is 0.104. The summed E-state index contributed by atoms with van der Waals surface area (Å²) in [6.07, 6.45) is 0. The molecular weight excluding hydrogens is 316 g/mol.